The van der Waals surface area contributed by atoms with Crippen LogP contribution >= 0.6 is 0 Å². The number of nitrogens with one attached hydrogen (secondary N) is 1. The third kappa shape index (κ3) is 6.12. The van der Waals surface area contributed by atoms with Gasteiger partial charge in [-0.3, -0.25) is 4.79 Å². The van der Waals surface area contributed by atoms with Gasteiger partial charge in [0.25, 0.3) is 0 Å². The molecular weight excluding hydrogens is 292 g/mol. The van der Waals surface area contributed by atoms with Gasteiger partial charge < -0.3 is 10.4 Å². The Kier molecular flexibility index (Phi) is 5.71. The van der Waals surface area contributed by atoms with E-state index < -0.39 is 15.8 Å². The van der Waals surface area contributed by atoms with E-state index in [1.807, 2.05) is 13.8 Å². The molecule has 6 nitrogen and oxygen atoms in total. The van der Waals surface area contributed by atoms with Gasteiger partial charge in [0.1, 0.15) is 10.7 Å². The molecule has 0 atom stereocenters. The van der Waals surface area contributed by atoms with Gasteiger partial charge in [-0.2, -0.15) is 0 Å². The average molecular weight is 314 g/mol. The zero-order chi connectivity index (χ0) is 16.1. The number of aliphatic carboxylic acids is 1. The van der Waals surface area contributed by atoms with Crippen LogP contribution in [0.25, 0.3) is 0 Å². The second kappa shape index (κ2) is 6.89. The Morgan fingerprint density at radius 2 is 2.05 bits per heavy atom. The maximum Gasteiger partial charge on any atom is 0.303 e. The highest BCUT2D eigenvalue weighted by atomic mass is 32.2. The zero-order valence-corrected chi connectivity index (χ0v) is 13.4. The van der Waals surface area contributed by atoms with Crippen LogP contribution in [0.15, 0.2) is 23.2 Å². The number of nitrogens with zero attached hydrogens (tertiary/aromatic N) is 1. The smallest absolute Gasteiger partial charge is 0.303 e. The van der Waals surface area contributed by atoms with Crippen LogP contribution < -0.4 is 5.32 Å². The summed E-state index contributed by atoms with van der Waals surface area (Å²) in [5.74, 6) is -0.464. The first kappa shape index (κ1) is 17.4. The molecule has 0 aliphatic carbocycles. The Bertz CT molecular complexity index is 597. The fourth-order valence-corrected chi connectivity index (χ4v) is 2.71. The highest BCUT2D eigenvalue weighted by Gasteiger charge is 2.20. The Morgan fingerprint density at radius 3 is 2.62 bits per heavy atom. The first-order valence-corrected chi connectivity index (χ1v) is 8.62. The van der Waals surface area contributed by atoms with Crippen LogP contribution in [0, 0.1) is 5.41 Å². The standard InChI is InChI=1S/C14H22N2O4S/c1-14(2,7-6-12(17)18)8-10-16-13-11(21(3,19)20)5-4-9-15-13/h4-5,9H,6-8,10H2,1-3H3,(H,15,16)(H,17,18). The van der Waals surface area contributed by atoms with Gasteiger partial charge in [0.2, 0.25) is 0 Å². The molecule has 0 fully saturated rings. The predicted octanol–water partition coefficient (Wildman–Crippen LogP) is 2.18. The van der Waals surface area contributed by atoms with Crippen molar-refractivity contribution in [2.45, 2.75) is 38.0 Å². The highest BCUT2D eigenvalue weighted by Crippen LogP contribution is 2.27. The SMILES string of the molecule is CC(C)(CCNc1ncccc1S(C)(=O)=O)CCC(=O)O. The number of carboxylic acid groups (broad SMARTS) is 1. The maximum atomic E-state index is 11.6. The normalized spacial score (nSPS) is 12.1. The lowest BCUT2D eigenvalue weighted by Gasteiger charge is -2.24. The summed E-state index contributed by atoms with van der Waals surface area (Å²) in [6.45, 7) is 4.52. The number of hydrogen-bond donors (Lipinski definition) is 2. The van der Waals surface area contributed by atoms with Crippen LogP contribution in [-0.4, -0.2) is 37.3 Å². The number of rotatable bonds is 8. The summed E-state index contributed by atoms with van der Waals surface area (Å²) in [7, 11) is -3.32. The van der Waals surface area contributed by atoms with Gasteiger partial charge in [0, 0.05) is 25.4 Å². The van der Waals surface area contributed by atoms with Crippen molar-refractivity contribution in [3.63, 3.8) is 0 Å². The van der Waals surface area contributed by atoms with Gasteiger partial charge in [-0.15, -0.1) is 0 Å². The lowest BCUT2D eigenvalue weighted by molar-refractivity contribution is -0.137. The third-order valence-electron chi connectivity index (χ3n) is 3.28. The molecule has 21 heavy (non-hydrogen) atoms. The number of aromatic nitrogens is 1. The van der Waals surface area contributed by atoms with Crippen molar-refractivity contribution in [2.75, 3.05) is 18.1 Å². The average Bonchev–Trinajstić information content (AvgIpc) is 2.36. The molecular formula is C14H22N2O4S. The van der Waals surface area contributed by atoms with Crippen molar-refractivity contribution in [3.8, 4) is 0 Å². The molecule has 0 aliphatic heterocycles. The van der Waals surface area contributed by atoms with Crippen LogP contribution in [0.3, 0.4) is 0 Å². The molecule has 1 aromatic heterocycles. The van der Waals surface area contributed by atoms with E-state index in [1.54, 1.807) is 6.07 Å². The molecule has 0 saturated carbocycles. The van der Waals surface area contributed by atoms with E-state index in [0.29, 0.717) is 18.8 Å². The van der Waals surface area contributed by atoms with Crippen LogP contribution in [0.4, 0.5) is 5.82 Å². The summed E-state index contributed by atoms with van der Waals surface area (Å²) in [5.41, 5.74) is -0.134. The summed E-state index contributed by atoms with van der Waals surface area (Å²) >= 11 is 0. The van der Waals surface area contributed by atoms with Crippen molar-refractivity contribution in [1.82, 2.24) is 4.98 Å². The quantitative estimate of drug-likeness (QED) is 0.763. The van der Waals surface area contributed by atoms with Gasteiger partial charge >= 0.3 is 5.97 Å². The molecule has 0 radical (unpaired) electrons. The molecule has 0 aliphatic rings. The van der Waals surface area contributed by atoms with E-state index in [4.69, 9.17) is 5.11 Å². The van der Waals surface area contributed by atoms with E-state index in [0.717, 1.165) is 12.7 Å². The Labute approximate surface area is 125 Å². The summed E-state index contributed by atoms with van der Waals surface area (Å²) < 4.78 is 23.3. The van der Waals surface area contributed by atoms with Gasteiger partial charge in [-0.25, -0.2) is 13.4 Å². The summed E-state index contributed by atoms with van der Waals surface area (Å²) in [5, 5.41) is 11.7. The topological polar surface area (TPSA) is 96.4 Å². The van der Waals surface area contributed by atoms with Crippen molar-refractivity contribution < 1.29 is 18.3 Å². The molecule has 0 amide bonds. The molecule has 1 aromatic rings. The number of anilines is 1. The monoisotopic (exact) mass is 314 g/mol. The van der Waals surface area contributed by atoms with Gasteiger partial charge in [0.05, 0.1) is 0 Å². The van der Waals surface area contributed by atoms with Gasteiger partial charge in [-0.1, -0.05) is 13.8 Å². The Balaban J connectivity index is 2.63. The lowest BCUT2D eigenvalue weighted by Crippen LogP contribution is -2.19. The summed E-state index contributed by atoms with van der Waals surface area (Å²) in [4.78, 5) is 14.8. The van der Waals surface area contributed by atoms with Crippen LogP contribution in [0.5, 0.6) is 0 Å². The molecule has 0 saturated heterocycles. The number of sulfone groups is 1. The minimum atomic E-state index is -3.32. The molecule has 118 valence electrons. The first-order chi connectivity index (χ1) is 9.62. The molecule has 1 rings (SSSR count). The highest BCUT2D eigenvalue weighted by molar-refractivity contribution is 7.90. The predicted molar refractivity (Wildman–Crippen MR) is 81.1 cm³/mol. The summed E-state index contributed by atoms with van der Waals surface area (Å²) in [6.07, 6.45) is 4.11. The summed E-state index contributed by atoms with van der Waals surface area (Å²) in [6, 6.07) is 3.10. The molecule has 7 heteroatoms. The van der Waals surface area contributed by atoms with E-state index in [2.05, 4.69) is 10.3 Å². The molecule has 2 N–H and O–H groups in total. The zero-order valence-electron chi connectivity index (χ0n) is 12.6. The molecule has 0 aromatic carbocycles. The minimum absolute atomic E-state index is 0.130. The van der Waals surface area contributed by atoms with Gasteiger partial charge in [0.15, 0.2) is 9.84 Å². The van der Waals surface area contributed by atoms with Crippen LogP contribution in [-0.2, 0) is 14.6 Å². The minimum Gasteiger partial charge on any atom is -0.481 e. The number of hydrogen-bond acceptors (Lipinski definition) is 5. The second-order valence-electron chi connectivity index (χ2n) is 5.86. The van der Waals surface area contributed by atoms with E-state index in [9.17, 15) is 13.2 Å². The number of carboxylic acids is 1. The Hall–Kier alpha value is -1.63. The largest absolute Gasteiger partial charge is 0.481 e. The van der Waals surface area contributed by atoms with Crippen molar-refractivity contribution in [2.24, 2.45) is 5.41 Å². The number of pyridine rings is 1. The van der Waals surface area contributed by atoms with E-state index in [-0.39, 0.29) is 16.7 Å². The molecule has 0 spiro atoms. The number of carbonyl (C=O) groups is 1. The van der Waals surface area contributed by atoms with Crippen LogP contribution in [0.2, 0.25) is 0 Å². The van der Waals surface area contributed by atoms with Crippen LogP contribution in [0.1, 0.15) is 33.1 Å². The molecule has 0 bridgehead atoms. The second-order valence-corrected chi connectivity index (χ2v) is 7.84. The third-order valence-corrected chi connectivity index (χ3v) is 4.41. The Morgan fingerprint density at radius 1 is 1.38 bits per heavy atom. The lowest BCUT2D eigenvalue weighted by atomic mass is 9.84. The fraction of sp³-hybridized carbons (Fsp3) is 0.571. The van der Waals surface area contributed by atoms with Crippen molar-refractivity contribution in [1.29, 1.82) is 0 Å². The van der Waals surface area contributed by atoms with E-state index in [1.165, 1.54) is 12.3 Å². The van der Waals surface area contributed by atoms with Crippen molar-refractivity contribution in [3.05, 3.63) is 18.3 Å². The maximum absolute atomic E-state index is 11.6. The van der Waals surface area contributed by atoms with Gasteiger partial charge in [-0.05, 0) is 30.4 Å². The fourth-order valence-electron chi connectivity index (χ4n) is 1.91. The van der Waals surface area contributed by atoms with E-state index >= 15 is 0 Å². The molecule has 0 unspecified atom stereocenters. The molecule has 1 heterocycles. The van der Waals surface area contributed by atoms with Crippen molar-refractivity contribution >= 4 is 21.6 Å². The first-order valence-electron chi connectivity index (χ1n) is 6.72.